The van der Waals surface area contributed by atoms with E-state index in [0.717, 1.165) is 16.8 Å². The lowest BCUT2D eigenvalue weighted by Crippen LogP contribution is -2.42. The number of nitrogens with zero attached hydrogens (tertiary/aromatic N) is 2. The van der Waals surface area contributed by atoms with Crippen LogP contribution in [0.3, 0.4) is 0 Å². The lowest BCUT2D eigenvalue weighted by molar-refractivity contribution is -0.132. The van der Waals surface area contributed by atoms with E-state index in [1.54, 1.807) is 6.08 Å². The number of carbonyl (C=O) groups excluding carboxylic acids is 2. The summed E-state index contributed by atoms with van der Waals surface area (Å²) in [5.41, 5.74) is 3.23. The first-order chi connectivity index (χ1) is 14.0. The molecule has 1 heterocycles. The lowest BCUT2D eigenvalue weighted by atomic mass is 9.95. The summed E-state index contributed by atoms with van der Waals surface area (Å²) < 4.78 is 0. The van der Waals surface area contributed by atoms with Gasteiger partial charge in [-0.3, -0.25) is 9.59 Å². The normalized spacial score (nSPS) is 14.8. The Hall–Kier alpha value is -3.08. The predicted octanol–water partition coefficient (Wildman–Crippen LogP) is 3.32. The van der Waals surface area contributed by atoms with Crippen LogP contribution >= 0.6 is 0 Å². The average molecular weight is 392 g/mol. The summed E-state index contributed by atoms with van der Waals surface area (Å²) in [6, 6.07) is 18.0. The van der Waals surface area contributed by atoms with Gasteiger partial charge < -0.3 is 15.1 Å². The number of carbonyl (C=O) groups is 2. The zero-order valence-corrected chi connectivity index (χ0v) is 17.2. The summed E-state index contributed by atoms with van der Waals surface area (Å²) in [5, 5.41) is 3.04. The molecule has 1 aliphatic rings. The van der Waals surface area contributed by atoms with E-state index in [9.17, 15) is 9.59 Å². The van der Waals surface area contributed by atoms with E-state index < -0.39 is 0 Å². The molecule has 0 saturated carbocycles. The van der Waals surface area contributed by atoms with Crippen molar-refractivity contribution < 1.29 is 9.59 Å². The van der Waals surface area contributed by atoms with E-state index >= 15 is 0 Å². The predicted molar refractivity (Wildman–Crippen MR) is 117 cm³/mol. The van der Waals surface area contributed by atoms with Crippen LogP contribution < -0.4 is 10.2 Å². The van der Waals surface area contributed by atoms with Gasteiger partial charge in [0, 0.05) is 51.4 Å². The van der Waals surface area contributed by atoms with Crippen molar-refractivity contribution in [1.29, 1.82) is 0 Å². The van der Waals surface area contributed by atoms with E-state index in [0.29, 0.717) is 32.5 Å². The highest BCUT2D eigenvalue weighted by Gasteiger charge is 2.26. The molecule has 2 aromatic rings. The monoisotopic (exact) mass is 391 g/mol. The zero-order valence-electron chi connectivity index (χ0n) is 17.2. The van der Waals surface area contributed by atoms with Crippen molar-refractivity contribution in [2.75, 3.05) is 32.1 Å². The standard InChI is InChI=1S/C24H29N3O2/c1-26(2)22-11-8-20(9-12-22)18-25-24(29)21-14-16-27(17-15-21)23(28)13-10-19-6-4-3-5-7-19/h3-13,21H,14-18H2,1-2H3,(H,25,29)/b13-10+. The van der Waals surface area contributed by atoms with E-state index in [4.69, 9.17) is 0 Å². The molecule has 1 fully saturated rings. The first kappa shape index (κ1) is 20.6. The third kappa shape index (κ3) is 5.95. The Morgan fingerprint density at radius 2 is 1.69 bits per heavy atom. The fraction of sp³-hybridized carbons (Fsp3) is 0.333. The number of likely N-dealkylation sites (tertiary alicyclic amines) is 1. The number of hydrogen-bond acceptors (Lipinski definition) is 3. The molecule has 0 aliphatic carbocycles. The van der Waals surface area contributed by atoms with Crippen LogP contribution in [0.25, 0.3) is 6.08 Å². The molecule has 0 radical (unpaired) electrons. The summed E-state index contributed by atoms with van der Waals surface area (Å²) >= 11 is 0. The van der Waals surface area contributed by atoms with Crippen LogP contribution in [-0.4, -0.2) is 43.9 Å². The summed E-state index contributed by atoms with van der Waals surface area (Å²) in [7, 11) is 4.01. The number of rotatable bonds is 6. The second-order valence-corrected chi connectivity index (χ2v) is 7.62. The van der Waals surface area contributed by atoms with E-state index in [1.807, 2.05) is 72.4 Å². The average Bonchev–Trinajstić information content (AvgIpc) is 2.77. The number of amides is 2. The highest BCUT2D eigenvalue weighted by molar-refractivity contribution is 5.92. The third-order valence-electron chi connectivity index (χ3n) is 5.31. The van der Waals surface area contributed by atoms with Gasteiger partial charge >= 0.3 is 0 Å². The number of anilines is 1. The minimum absolute atomic E-state index is 0.00805. The Labute approximate surface area is 173 Å². The van der Waals surface area contributed by atoms with Gasteiger partial charge in [0.2, 0.25) is 11.8 Å². The molecule has 1 aliphatic heterocycles. The molecule has 0 aromatic heterocycles. The molecule has 0 spiro atoms. The number of hydrogen-bond donors (Lipinski definition) is 1. The van der Waals surface area contributed by atoms with E-state index in [-0.39, 0.29) is 17.7 Å². The first-order valence-corrected chi connectivity index (χ1v) is 10.1. The second-order valence-electron chi connectivity index (χ2n) is 7.62. The molecule has 2 amide bonds. The largest absolute Gasteiger partial charge is 0.378 e. The van der Waals surface area contributed by atoms with Crippen molar-refractivity contribution in [2.24, 2.45) is 5.92 Å². The van der Waals surface area contributed by atoms with Gasteiger partial charge in [0.15, 0.2) is 0 Å². The minimum atomic E-state index is -0.0294. The summed E-state index contributed by atoms with van der Waals surface area (Å²) in [5.74, 6) is 0.0560. The molecule has 29 heavy (non-hydrogen) atoms. The van der Waals surface area contributed by atoms with Gasteiger partial charge in [0.25, 0.3) is 0 Å². The number of benzene rings is 2. The van der Waals surface area contributed by atoms with Crippen molar-refractivity contribution in [3.05, 3.63) is 71.8 Å². The summed E-state index contributed by atoms with van der Waals surface area (Å²) in [4.78, 5) is 28.7. The van der Waals surface area contributed by atoms with Crippen LogP contribution in [-0.2, 0) is 16.1 Å². The number of piperidine rings is 1. The van der Waals surface area contributed by atoms with Crippen molar-refractivity contribution in [1.82, 2.24) is 10.2 Å². The third-order valence-corrected chi connectivity index (χ3v) is 5.31. The Morgan fingerprint density at radius 1 is 1.03 bits per heavy atom. The van der Waals surface area contributed by atoms with Crippen LogP contribution in [0.1, 0.15) is 24.0 Å². The van der Waals surface area contributed by atoms with Crippen molar-refractivity contribution in [2.45, 2.75) is 19.4 Å². The fourth-order valence-corrected chi connectivity index (χ4v) is 3.44. The van der Waals surface area contributed by atoms with Crippen LogP contribution in [0.5, 0.6) is 0 Å². The molecule has 3 rings (SSSR count). The number of nitrogens with one attached hydrogen (secondary N) is 1. The first-order valence-electron chi connectivity index (χ1n) is 10.1. The van der Waals surface area contributed by atoms with Gasteiger partial charge in [0.05, 0.1) is 0 Å². The van der Waals surface area contributed by atoms with Gasteiger partial charge in [-0.15, -0.1) is 0 Å². The lowest BCUT2D eigenvalue weighted by Gasteiger charge is -2.30. The van der Waals surface area contributed by atoms with Crippen molar-refractivity contribution >= 4 is 23.6 Å². The molecule has 2 aromatic carbocycles. The van der Waals surface area contributed by atoms with E-state index in [2.05, 4.69) is 17.4 Å². The molecule has 0 bridgehead atoms. The maximum atomic E-state index is 12.5. The quantitative estimate of drug-likeness (QED) is 0.769. The Kier molecular flexibility index (Phi) is 7.06. The second kappa shape index (κ2) is 9.92. The molecule has 5 heteroatoms. The van der Waals surface area contributed by atoms with Crippen LogP contribution in [0.15, 0.2) is 60.7 Å². The maximum Gasteiger partial charge on any atom is 0.246 e. The van der Waals surface area contributed by atoms with Gasteiger partial charge in [0.1, 0.15) is 0 Å². The smallest absolute Gasteiger partial charge is 0.246 e. The maximum absolute atomic E-state index is 12.5. The fourth-order valence-electron chi connectivity index (χ4n) is 3.44. The summed E-state index contributed by atoms with van der Waals surface area (Å²) in [6.45, 7) is 1.77. The molecule has 5 nitrogen and oxygen atoms in total. The zero-order chi connectivity index (χ0) is 20.6. The molecule has 1 saturated heterocycles. The molecule has 0 unspecified atom stereocenters. The summed E-state index contributed by atoms with van der Waals surface area (Å²) in [6.07, 6.45) is 4.86. The van der Waals surface area contributed by atoms with Crippen molar-refractivity contribution in [3.63, 3.8) is 0 Å². The molecule has 0 atom stereocenters. The molecule has 152 valence electrons. The van der Waals surface area contributed by atoms with Gasteiger partial charge in [-0.25, -0.2) is 0 Å². The Bertz CT molecular complexity index is 836. The van der Waals surface area contributed by atoms with Crippen LogP contribution in [0.4, 0.5) is 5.69 Å². The highest BCUT2D eigenvalue weighted by Crippen LogP contribution is 2.18. The molecular formula is C24H29N3O2. The topological polar surface area (TPSA) is 52.7 Å². The highest BCUT2D eigenvalue weighted by atomic mass is 16.2. The van der Waals surface area contributed by atoms with E-state index in [1.165, 1.54) is 0 Å². The van der Waals surface area contributed by atoms with Crippen molar-refractivity contribution in [3.8, 4) is 0 Å². The van der Waals surface area contributed by atoms with Gasteiger partial charge in [-0.05, 0) is 42.2 Å². The van der Waals surface area contributed by atoms with Gasteiger partial charge in [-0.1, -0.05) is 42.5 Å². The van der Waals surface area contributed by atoms with Crippen LogP contribution in [0.2, 0.25) is 0 Å². The Balaban J connectivity index is 1.43. The minimum Gasteiger partial charge on any atom is -0.378 e. The SMILES string of the molecule is CN(C)c1ccc(CNC(=O)C2CCN(C(=O)/C=C/c3ccccc3)CC2)cc1. The van der Waals surface area contributed by atoms with Crippen LogP contribution in [0, 0.1) is 5.92 Å². The Morgan fingerprint density at radius 3 is 2.31 bits per heavy atom. The molecule has 1 N–H and O–H groups in total. The molecular weight excluding hydrogens is 362 g/mol. The van der Waals surface area contributed by atoms with Gasteiger partial charge in [-0.2, -0.15) is 0 Å².